The van der Waals surface area contributed by atoms with Crippen LogP contribution in [0.4, 0.5) is 0 Å². The van der Waals surface area contributed by atoms with Crippen LogP contribution in [-0.2, 0) is 4.79 Å². The Kier molecular flexibility index (Phi) is 4.07. The molecule has 9 heavy (non-hydrogen) atoms. The number of nitriles is 1. The maximum absolute atomic E-state index is 9.72. The quantitative estimate of drug-likeness (QED) is 0.238. The molecule has 0 saturated heterocycles. The van der Waals surface area contributed by atoms with Gasteiger partial charge in [-0.15, -0.1) is 0 Å². The molecule has 46 valence electrons. The number of carbonyl (C=O) groups is 1. The van der Waals surface area contributed by atoms with E-state index in [1.165, 1.54) is 12.2 Å². The molecular formula is C7H7NO. The molecule has 0 aromatic rings. The number of rotatable bonds is 2. The van der Waals surface area contributed by atoms with Crippen molar-refractivity contribution in [3.63, 3.8) is 0 Å². The average molecular weight is 121 g/mol. The molecule has 0 fully saturated rings. The van der Waals surface area contributed by atoms with Crippen LogP contribution < -0.4 is 0 Å². The van der Waals surface area contributed by atoms with E-state index in [2.05, 4.69) is 0 Å². The van der Waals surface area contributed by atoms with Gasteiger partial charge < -0.3 is 0 Å². The summed E-state index contributed by atoms with van der Waals surface area (Å²) in [6.07, 6.45) is 4.98. The fourth-order valence-electron chi connectivity index (χ4n) is 0.341. The van der Waals surface area contributed by atoms with Crippen molar-refractivity contribution < 1.29 is 4.79 Å². The Labute approximate surface area is 54.1 Å². The Morgan fingerprint density at radius 3 is 2.78 bits per heavy atom. The molecule has 0 bridgehead atoms. The highest BCUT2D eigenvalue weighted by Crippen LogP contribution is 1.90. The molecule has 0 rings (SSSR count). The van der Waals surface area contributed by atoms with E-state index in [0.29, 0.717) is 6.29 Å². The Balaban J connectivity index is 3.93. The molecule has 0 atom stereocenters. The van der Waals surface area contributed by atoms with Gasteiger partial charge in [-0.2, -0.15) is 5.26 Å². The van der Waals surface area contributed by atoms with Crippen LogP contribution in [0.3, 0.4) is 0 Å². The van der Waals surface area contributed by atoms with Crippen LogP contribution in [-0.4, -0.2) is 6.29 Å². The number of carbonyl (C=O) groups excluding carboxylic acids is 1. The molecule has 0 amide bonds. The van der Waals surface area contributed by atoms with Crippen molar-refractivity contribution >= 4 is 6.29 Å². The van der Waals surface area contributed by atoms with Crippen molar-refractivity contribution in [1.29, 1.82) is 5.26 Å². The number of hydrogen-bond donors (Lipinski definition) is 0. The first-order chi connectivity index (χ1) is 4.31. The SMILES string of the molecule is CC(=C/C#N)/C=C/C=O. The fourth-order valence-corrected chi connectivity index (χ4v) is 0.341. The number of allylic oxidation sites excluding steroid dienone is 4. The second kappa shape index (κ2) is 4.79. The predicted molar refractivity (Wildman–Crippen MR) is 34.6 cm³/mol. The molecule has 0 radical (unpaired) electrons. The molecule has 0 spiro atoms. The van der Waals surface area contributed by atoms with E-state index in [1.54, 1.807) is 13.0 Å². The van der Waals surface area contributed by atoms with Gasteiger partial charge in [-0.25, -0.2) is 0 Å². The lowest BCUT2D eigenvalue weighted by Crippen LogP contribution is -1.66. The molecule has 0 unspecified atom stereocenters. The molecule has 0 aliphatic heterocycles. The first-order valence-corrected chi connectivity index (χ1v) is 2.49. The number of hydrogen-bond acceptors (Lipinski definition) is 2. The summed E-state index contributed by atoms with van der Waals surface area (Å²) in [6.45, 7) is 1.75. The summed E-state index contributed by atoms with van der Waals surface area (Å²) in [6, 6.07) is 1.85. The summed E-state index contributed by atoms with van der Waals surface area (Å²) in [4.78, 5) is 9.72. The molecule has 2 heteroatoms. The molecule has 2 nitrogen and oxygen atoms in total. The van der Waals surface area contributed by atoms with Gasteiger partial charge in [0.1, 0.15) is 6.29 Å². The van der Waals surface area contributed by atoms with Crippen molar-refractivity contribution in [3.05, 3.63) is 23.8 Å². The van der Waals surface area contributed by atoms with Crippen molar-refractivity contribution in [2.24, 2.45) is 0 Å². The van der Waals surface area contributed by atoms with E-state index >= 15 is 0 Å². The van der Waals surface area contributed by atoms with Gasteiger partial charge >= 0.3 is 0 Å². The first kappa shape index (κ1) is 7.64. The Morgan fingerprint density at radius 2 is 2.33 bits per heavy atom. The van der Waals surface area contributed by atoms with Crippen molar-refractivity contribution in [2.75, 3.05) is 0 Å². The van der Waals surface area contributed by atoms with Gasteiger partial charge in [0.2, 0.25) is 0 Å². The summed E-state index contributed by atoms with van der Waals surface area (Å²) >= 11 is 0. The van der Waals surface area contributed by atoms with E-state index < -0.39 is 0 Å². The zero-order valence-electron chi connectivity index (χ0n) is 5.16. The van der Waals surface area contributed by atoms with Gasteiger partial charge in [0.05, 0.1) is 6.07 Å². The highest BCUT2D eigenvalue weighted by molar-refractivity contribution is 5.65. The van der Waals surface area contributed by atoms with E-state index in [1.807, 2.05) is 6.07 Å². The standard InChI is InChI=1S/C7H7NO/c1-7(4-5-8)3-2-6-9/h2-4,6H,1H3/b3-2+,7-4-. The maximum atomic E-state index is 9.72. The third-order valence-corrected chi connectivity index (χ3v) is 0.730. The van der Waals surface area contributed by atoms with Crippen molar-refractivity contribution in [3.8, 4) is 6.07 Å². The Bertz CT molecular complexity index is 184. The Hall–Kier alpha value is -1.36. The highest BCUT2D eigenvalue weighted by Gasteiger charge is 1.75. The largest absolute Gasteiger partial charge is 0.299 e. The second-order valence-corrected chi connectivity index (χ2v) is 1.51. The van der Waals surface area contributed by atoms with Crippen LogP contribution in [0, 0.1) is 11.3 Å². The molecule has 0 aromatic carbocycles. The molecular weight excluding hydrogens is 114 g/mol. The molecule has 0 aromatic heterocycles. The van der Waals surface area contributed by atoms with Gasteiger partial charge in [-0.3, -0.25) is 4.79 Å². The predicted octanol–water partition coefficient (Wildman–Crippen LogP) is 1.21. The van der Waals surface area contributed by atoms with E-state index in [-0.39, 0.29) is 0 Å². The Morgan fingerprint density at radius 1 is 1.67 bits per heavy atom. The van der Waals surface area contributed by atoms with E-state index in [9.17, 15) is 4.79 Å². The topological polar surface area (TPSA) is 40.9 Å². The van der Waals surface area contributed by atoms with E-state index in [0.717, 1.165) is 5.57 Å². The van der Waals surface area contributed by atoms with E-state index in [4.69, 9.17) is 5.26 Å². The van der Waals surface area contributed by atoms with Gasteiger partial charge in [0.25, 0.3) is 0 Å². The molecule has 0 aliphatic rings. The molecule has 0 N–H and O–H groups in total. The molecule has 0 heterocycles. The van der Waals surface area contributed by atoms with Crippen LogP contribution >= 0.6 is 0 Å². The van der Waals surface area contributed by atoms with Gasteiger partial charge in [-0.1, -0.05) is 6.08 Å². The lowest BCUT2D eigenvalue weighted by Gasteiger charge is -1.79. The fraction of sp³-hybridized carbons (Fsp3) is 0.143. The summed E-state index contributed by atoms with van der Waals surface area (Å²) < 4.78 is 0. The zero-order valence-corrected chi connectivity index (χ0v) is 5.16. The van der Waals surface area contributed by atoms with Crippen LogP contribution in [0.15, 0.2) is 23.8 Å². The minimum absolute atomic E-state index is 0.675. The number of aldehydes is 1. The van der Waals surface area contributed by atoms with Gasteiger partial charge in [0, 0.05) is 6.08 Å². The first-order valence-electron chi connectivity index (χ1n) is 2.49. The van der Waals surface area contributed by atoms with Crippen LogP contribution in [0.25, 0.3) is 0 Å². The minimum Gasteiger partial charge on any atom is -0.299 e. The lowest BCUT2D eigenvalue weighted by molar-refractivity contribution is -0.104. The maximum Gasteiger partial charge on any atom is 0.142 e. The van der Waals surface area contributed by atoms with Crippen LogP contribution in [0.5, 0.6) is 0 Å². The van der Waals surface area contributed by atoms with Crippen molar-refractivity contribution in [2.45, 2.75) is 6.92 Å². The van der Waals surface area contributed by atoms with Gasteiger partial charge in [0.15, 0.2) is 0 Å². The highest BCUT2D eigenvalue weighted by atomic mass is 16.1. The summed E-state index contributed by atoms with van der Waals surface area (Å²) in [5, 5.41) is 8.09. The summed E-state index contributed by atoms with van der Waals surface area (Å²) in [5.74, 6) is 0. The average Bonchev–Trinajstić information content (AvgIpc) is 1.85. The molecule has 0 aliphatic carbocycles. The number of nitrogens with zero attached hydrogens (tertiary/aromatic N) is 1. The summed E-state index contributed by atoms with van der Waals surface area (Å²) in [5.41, 5.74) is 0.782. The zero-order chi connectivity index (χ0) is 7.11. The third kappa shape index (κ3) is 4.49. The molecule has 0 saturated carbocycles. The smallest absolute Gasteiger partial charge is 0.142 e. The van der Waals surface area contributed by atoms with Crippen LogP contribution in [0.2, 0.25) is 0 Å². The van der Waals surface area contributed by atoms with Gasteiger partial charge in [-0.05, 0) is 18.6 Å². The normalized spacial score (nSPS) is 11.3. The third-order valence-electron chi connectivity index (χ3n) is 0.730. The summed E-state index contributed by atoms with van der Waals surface area (Å²) in [7, 11) is 0. The van der Waals surface area contributed by atoms with Crippen molar-refractivity contribution in [1.82, 2.24) is 0 Å². The minimum atomic E-state index is 0.675. The second-order valence-electron chi connectivity index (χ2n) is 1.51. The monoisotopic (exact) mass is 121 g/mol. The lowest BCUT2D eigenvalue weighted by atomic mass is 10.3. The van der Waals surface area contributed by atoms with Crippen LogP contribution in [0.1, 0.15) is 6.92 Å².